The molecule has 1 aromatic rings. The average Bonchev–Trinajstić information content (AvgIpc) is 2.38. The standard InChI is InChI=1S/C14H21FN2O/c1-10(16)12-5-2-6-13(15)14(12)17-7-3-4-11(8-17)9-18/h2,5-6,10-11,18H,3-4,7-9,16H2,1H3/t10-,11?/m0/s1. The highest BCUT2D eigenvalue weighted by Gasteiger charge is 2.24. The smallest absolute Gasteiger partial charge is 0.146 e. The molecule has 4 heteroatoms. The van der Waals surface area contributed by atoms with Gasteiger partial charge in [0, 0.05) is 25.7 Å². The summed E-state index contributed by atoms with van der Waals surface area (Å²) in [4.78, 5) is 2.03. The Morgan fingerprint density at radius 3 is 3.00 bits per heavy atom. The third kappa shape index (κ3) is 2.65. The van der Waals surface area contributed by atoms with Gasteiger partial charge in [-0.15, -0.1) is 0 Å². The molecule has 1 aliphatic heterocycles. The Bertz CT molecular complexity index is 409. The molecule has 0 aliphatic carbocycles. The fourth-order valence-electron chi connectivity index (χ4n) is 2.65. The van der Waals surface area contributed by atoms with E-state index in [0.29, 0.717) is 12.2 Å². The average molecular weight is 252 g/mol. The lowest BCUT2D eigenvalue weighted by atomic mass is 9.96. The summed E-state index contributed by atoms with van der Waals surface area (Å²) in [5.41, 5.74) is 7.37. The van der Waals surface area contributed by atoms with Gasteiger partial charge in [-0.05, 0) is 37.3 Å². The predicted molar refractivity (Wildman–Crippen MR) is 71.0 cm³/mol. The topological polar surface area (TPSA) is 49.5 Å². The van der Waals surface area contributed by atoms with E-state index in [0.717, 1.165) is 24.9 Å². The van der Waals surface area contributed by atoms with Gasteiger partial charge in [0.25, 0.3) is 0 Å². The molecule has 2 atom stereocenters. The first-order valence-corrected chi connectivity index (χ1v) is 6.53. The van der Waals surface area contributed by atoms with Crippen molar-refractivity contribution in [2.24, 2.45) is 11.7 Å². The van der Waals surface area contributed by atoms with Gasteiger partial charge in [-0.1, -0.05) is 12.1 Å². The fourth-order valence-corrected chi connectivity index (χ4v) is 2.65. The summed E-state index contributed by atoms with van der Waals surface area (Å²) in [5.74, 6) is 0.0164. The maximum absolute atomic E-state index is 14.1. The van der Waals surface area contributed by atoms with Crippen LogP contribution in [0.2, 0.25) is 0 Å². The molecule has 18 heavy (non-hydrogen) atoms. The highest BCUT2D eigenvalue weighted by atomic mass is 19.1. The van der Waals surface area contributed by atoms with Crippen molar-refractivity contribution in [3.63, 3.8) is 0 Å². The summed E-state index contributed by atoms with van der Waals surface area (Å²) < 4.78 is 14.1. The second kappa shape index (κ2) is 5.67. The van der Waals surface area contributed by atoms with E-state index >= 15 is 0 Å². The van der Waals surface area contributed by atoms with E-state index in [1.165, 1.54) is 6.07 Å². The summed E-state index contributed by atoms with van der Waals surface area (Å²) in [6, 6.07) is 4.87. The Balaban J connectivity index is 2.31. The van der Waals surface area contributed by atoms with Gasteiger partial charge in [-0.25, -0.2) is 4.39 Å². The zero-order valence-electron chi connectivity index (χ0n) is 10.8. The lowest BCUT2D eigenvalue weighted by molar-refractivity contribution is 0.208. The lowest BCUT2D eigenvalue weighted by Gasteiger charge is -2.35. The van der Waals surface area contributed by atoms with Crippen LogP contribution in [0.5, 0.6) is 0 Å². The summed E-state index contributed by atoms with van der Waals surface area (Å²) in [6.45, 7) is 3.57. The van der Waals surface area contributed by atoms with Crippen LogP contribution in [0.4, 0.5) is 10.1 Å². The van der Waals surface area contributed by atoms with Crippen LogP contribution in [0.25, 0.3) is 0 Å². The number of benzene rings is 1. The zero-order chi connectivity index (χ0) is 13.1. The largest absolute Gasteiger partial charge is 0.396 e. The normalized spacial score (nSPS) is 22.0. The van der Waals surface area contributed by atoms with E-state index in [1.54, 1.807) is 6.07 Å². The number of aliphatic hydroxyl groups is 1. The highest BCUT2D eigenvalue weighted by molar-refractivity contribution is 5.56. The maximum atomic E-state index is 14.1. The first-order chi connectivity index (χ1) is 8.63. The van der Waals surface area contributed by atoms with Gasteiger partial charge in [-0.3, -0.25) is 0 Å². The van der Waals surface area contributed by atoms with E-state index in [9.17, 15) is 9.50 Å². The minimum Gasteiger partial charge on any atom is -0.396 e. The Morgan fingerprint density at radius 1 is 1.56 bits per heavy atom. The Labute approximate surface area is 107 Å². The number of nitrogens with two attached hydrogens (primary N) is 1. The molecule has 1 aliphatic rings. The minimum atomic E-state index is -0.219. The van der Waals surface area contributed by atoms with Crippen LogP contribution < -0.4 is 10.6 Å². The van der Waals surface area contributed by atoms with E-state index in [4.69, 9.17) is 5.73 Å². The molecule has 2 rings (SSSR count). The third-order valence-electron chi connectivity index (χ3n) is 3.60. The van der Waals surface area contributed by atoms with Crippen molar-refractivity contribution in [1.29, 1.82) is 0 Å². The van der Waals surface area contributed by atoms with Crippen molar-refractivity contribution >= 4 is 5.69 Å². The fraction of sp³-hybridized carbons (Fsp3) is 0.571. The second-order valence-corrected chi connectivity index (χ2v) is 5.10. The third-order valence-corrected chi connectivity index (χ3v) is 3.60. The molecular formula is C14H21FN2O. The number of nitrogens with zero attached hydrogens (tertiary/aromatic N) is 1. The molecule has 0 bridgehead atoms. The number of anilines is 1. The molecule has 3 N–H and O–H groups in total. The summed E-state index contributed by atoms with van der Waals surface area (Å²) in [7, 11) is 0. The zero-order valence-corrected chi connectivity index (χ0v) is 10.8. The van der Waals surface area contributed by atoms with Gasteiger partial charge in [0.2, 0.25) is 0 Å². The Kier molecular flexibility index (Phi) is 4.19. The van der Waals surface area contributed by atoms with Crippen molar-refractivity contribution in [3.8, 4) is 0 Å². The van der Waals surface area contributed by atoms with Gasteiger partial charge >= 0.3 is 0 Å². The molecule has 3 nitrogen and oxygen atoms in total. The Hall–Kier alpha value is -1.13. The van der Waals surface area contributed by atoms with Crippen LogP contribution in [-0.2, 0) is 0 Å². The quantitative estimate of drug-likeness (QED) is 0.865. The second-order valence-electron chi connectivity index (χ2n) is 5.10. The predicted octanol–water partition coefficient (Wildman–Crippen LogP) is 2.05. The van der Waals surface area contributed by atoms with Gasteiger partial charge in [0.1, 0.15) is 5.82 Å². The molecule has 1 fully saturated rings. The number of hydrogen-bond donors (Lipinski definition) is 2. The summed E-state index contributed by atoms with van der Waals surface area (Å²) in [6.07, 6.45) is 1.99. The van der Waals surface area contributed by atoms with Gasteiger partial charge in [0.15, 0.2) is 0 Å². The van der Waals surface area contributed by atoms with Crippen LogP contribution >= 0.6 is 0 Å². The minimum absolute atomic E-state index is 0.165. The highest BCUT2D eigenvalue weighted by Crippen LogP contribution is 2.31. The van der Waals surface area contributed by atoms with Crippen LogP contribution in [0.15, 0.2) is 18.2 Å². The number of para-hydroxylation sites is 1. The number of piperidine rings is 1. The van der Waals surface area contributed by atoms with Crippen molar-refractivity contribution in [1.82, 2.24) is 0 Å². The molecule has 0 spiro atoms. The van der Waals surface area contributed by atoms with Crippen molar-refractivity contribution in [2.45, 2.75) is 25.8 Å². The van der Waals surface area contributed by atoms with E-state index in [1.807, 2.05) is 17.9 Å². The molecule has 100 valence electrons. The number of aliphatic hydroxyl groups excluding tert-OH is 1. The lowest BCUT2D eigenvalue weighted by Crippen LogP contribution is -2.38. The number of hydrogen-bond acceptors (Lipinski definition) is 3. The van der Waals surface area contributed by atoms with Gasteiger partial charge in [-0.2, -0.15) is 0 Å². The number of halogens is 1. The Morgan fingerprint density at radius 2 is 2.33 bits per heavy atom. The monoisotopic (exact) mass is 252 g/mol. The van der Waals surface area contributed by atoms with Gasteiger partial charge in [0.05, 0.1) is 5.69 Å². The van der Waals surface area contributed by atoms with Crippen LogP contribution in [0.1, 0.15) is 31.4 Å². The molecule has 1 heterocycles. The molecule has 0 saturated carbocycles. The summed E-state index contributed by atoms with van der Waals surface area (Å²) >= 11 is 0. The maximum Gasteiger partial charge on any atom is 0.146 e. The first kappa shape index (κ1) is 13.3. The SMILES string of the molecule is C[C@H](N)c1cccc(F)c1N1CCCC(CO)C1. The van der Waals surface area contributed by atoms with Crippen molar-refractivity contribution in [2.75, 3.05) is 24.6 Å². The van der Waals surface area contributed by atoms with Crippen LogP contribution in [0, 0.1) is 11.7 Å². The molecule has 1 saturated heterocycles. The van der Waals surface area contributed by atoms with Gasteiger partial charge < -0.3 is 15.7 Å². The number of rotatable bonds is 3. The molecule has 0 aromatic heterocycles. The molecule has 0 amide bonds. The molecule has 1 unspecified atom stereocenters. The molecular weight excluding hydrogens is 231 g/mol. The van der Waals surface area contributed by atoms with Crippen molar-refractivity contribution in [3.05, 3.63) is 29.6 Å². The van der Waals surface area contributed by atoms with E-state index in [2.05, 4.69) is 0 Å². The summed E-state index contributed by atoms with van der Waals surface area (Å²) in [5, 5.41) is 9.26. The molecule has 1 aromatic carbocycles. The van der Waals surface area contributed by atoms with E-state index < -0.39 is 0 Å². The van der Waals surface area contributed by atoms with Crippen LogP contribution in [0.3, 0.4) is 0 Å². The van der Waals surface area contributed by atoms with Crippen molar-refractivity contribution < 1.29 is 9.50 Å². The van der Waals surface area contributed by atoms with Crippen LogP contribution in [-0.4, -0.2) is 24.8 Å². The first-order valence-electron chi connectivity index (χ1n) is 6.53. The molecule has 0 radical (unpaired) electrons. The van der Waals surface area contributed by atoms with E-state index in [-0.39, 0.29) is 24.4 Å².